The standard InChI is InChI=1S/C13H19NO/c1-3-11(2)9-13(10-15)14-12-7-5-4-6-8-12/h3-8,11,13-15H,1,9-10H2,2H3. The van der Waals surface area contributed by atoms with Gasteiger partial charge in [-0.05, 0) is 24.5 Å². The molecule has 15 heavy (non-hydrogen) atoms. The van der Waals surface area contributed by atoms with Crippen molar-refractivity contribution in [3.8, 4) is 0 Å². The predicted molar refractivity (Wildman–Crippen MR) is 64.9 cm³/mol. The highest BCUT2D eigenvalue weighted by Crippen LogP contribution is 2.13. The maximum absolute atomic E-state index is 9.23. The number of rotatable bonds is 6. The van der Waals surface area contributed by atoms with E-state index in [4.69, 9.17) is 0 Å². The van der Waals surface area contributed by atoms with Crippen molar-refractivity contribution < 1.29 is 5.11 Å². The van der Waals surface area contributed by atoms with Crippen molar-refractivity contribution in [1.82, 2.24) is 0 Å². The third-order valence-corrected chi connectivity index (χ3v) is 2.42. The average molecular weight is 205 g/mol. The minimum absolute atomic E-state index is 0.0976. The fraction of sp³-hybridized carbons (Fsp3) is 0.385. The molecular weight excluding hydrogens is 186 g/mol. The molecule has 0 radical (unpaired) electrons. The molecule has 0 saturated heterocycles. The summed E-state index contributed by atoms with van der Waals surface area (Å²) in [5.41, 5.74) is 1.05. The van der Waals surface area contributed by atoms with E-state index in [2.05, 4.69) is 18.8 Å². The van der Waals surface area contributed by atoms with E-state index in [-0.39, 0.29) is 12.6 Å². The first-order valence-electron chi connectivity index (χ1n) is 5.31. The van der Waals surface area contributed by atoms with Crippen LogP contribution in [0.15, 0.2) is 43.0 Å². The first kappa shape index (κ1) is 11.8. The molecule has 2 nitrogen and oxygen atoms in total. The molecule has 1 rings (SSSR count). The van der Waals surface area contributed by atoms with Gasteiger partial charge < -0.3 is 10.4 Å². The number of aliphatic hydroxyl groups excluding tert-OH is 1. The maximum Gasteiger partial charge on any atom is 0.0633 e. The maximum atomic E-state index is 9.23. The molecule has 1 aromatic rings. The Kier molecular flexibility index (Phi) is 4.91. The van der Waals surface area contributed by atoms with E-state index >= 15 is 0 Å². The Morgan fingerprint density at radius 2 is 2.07 bits per heavy atom. The quantitative estimate of drug-likeness (QED) is 0.700. The van der Waals surface area contributed by atoms with Crippen LogP contribution >= 0.6 is 0 Å². The van der Waals surface area contributed by atoms with Crippen LogP contribution in [0.3, 0.4) is 0 Å². The van der Waals surface area contributed by atoms with E-state index in [0.29, 0.717) is 5.92 Å². The number of anilines is 1. The van der Waals surface area contributed by atoms with Crippen LogP contribution in [0.1, 0.15) is 13.3 Å². The molecule has 0 amide bonds. The normalized spacial score (nSPS) is 14.3. The number of aliphatic hydroxyl groups is 1. The summed E-state index contributed by atoms with van der Waals surface area (Å²) in [5.74, 6) is 0.415. The molecule has 2 atom stereocenters. The number of benzene rings is 1. The van der Waals surface area contributed by atoms with Crippen LogP contribution in [0.5, 0.6) is 0 Å². The second kappa shape index (κ2) is 6.25. The molecule has 0 spiro atoms. The SMILES string of the molecule is C=CC(C)CC(CO)Nc1ccccc1. The van der Waals surface area contributed by atoms with Gasteiger partial charge in [-0.25, -0.2) is 0 Å². The molecule has 0 aliphatic rings. The molecule has 82 valence electrons. The van der Waals surface area contributed by atoms with Crippen molar-refractivity contribution in [2.45, 2.75) is 19.4 Å². The van der Waals surface area contributed by atoms with Gasteiger partial charge in [-0.3, -0.25) is 0 Å². The summed E-state index contributed by atoms with van der Waals surface area (Å²) in [4.78, 5) is 0. The molecule has 0 heterocycles. The molecule has 0 bridgehead atoms. The van der Waals surface area contributed by atoms with Crippen LogP contribution in [0.4, 0.5) is 5.69 Å². The van der Waals surface area contributed by atoms with Gasteiger partial charge in [-0.15, -0.1) is 6.58 Å². The van der Waals surface area contributed by atoms with Crippen LogP contribution in [0, 0.1) is 5.92 Å². The minimum atomic E-state index is 0.0976. The Balaban J connectivity index is 2.50. The zero-order valence-corrected chi connectivity index (χ0v) is 9.19. The van der Waals surface area contributed by atoms with E-state index in [1.54, 1.807) is 0 Å². The van der Waals surface area contributed by atoms with Crippen molar-refractivity contribution in [2.24, 2.45) is 5.92 Å². The van der Waals surface area contributed by atoms with Gasteiger partial charge >= 0.3 is 0 Å². The zero-order chi connectivity index (χ0) is 11.1. The van der Waals surface area contributed by atoms with Crippen molar-refractivity contribution >= 4 is 5.69 Å². The Bertz CT molecular complexity index is 284. The summed E-state index contributed by atoms with van der Waals surface area (Å²) < 4.78 is 0. The molecule has 1 aromatic carbocycles. The lowest BCUT2D eigenvalue weighted by Gasteiger charge is -2.19. The predicted octanol–water partition coefficient (Wildman–Crippen LogP) is 2.67. The van der Waals surface area contributed by atoms with E-state index in [0.717, 1.165) is 12.1 Å². The smallest absolute Gasteiger partial charge is 0.0633 e. The number of hydrogen-bond acceptors (Lipinski definition) is 2. The second-order valence-corrected chi connectivity index (χ2v) is 3.84. The number of nitrogens with one attached hydrogen (secondary N) is 1. The van der Waals surface area contributed by atoms with Gasteiger partial charge in [0.05, 0.1) is 6.61 Å². The molecule has 2 heteroatoms. The average Bonchev–Trinajstić information content (AvgIpc) is 2.29. The summed E-state index contributed by atoms with van der Waals surface area (Å²) in [6.45, 7) is 5.99. The molecule has 0 aliphatic carbocycles. The van der Waals surface area contributed by atoms with Gasteiger partial charge in [-0.1, -0.05) is 31.2 Å². The highest BCUT2D eigenvalue weighted by Gasteiger charge is 2.09. The molecule has 0 aromatic heterocycles. The number of hydrogen-bond donors (Lipinski definition) is 2. The Morgan fingerprint density at radius 3 is 2.60 bits per heavy atom. The highest BCUT2D eigenvalue weighted by molar-refractivity contribution is 5.43. The summed E-state index contributed by atoms with van der Waals surface area (Å²) >= 11 is 0. The Hall–Kier alpha value is -1.28. The van der Waals surface area contributed by atoms with E-state index < -0.39 is 0 Å². The van der Waals surface area contributed by atoms with Crippen molar-refractivity contribution in [3.63, 3.8) is 0 Å². The van der Waals surface area contributed by atoms with E-state index in [1.807, 2.05) is 36.4 Å². The van der Waals surface area contributed by atoms with Gasteiger partial charge in [0, 0.05) is 11.7 Å². The van der Waals surface area contributed by atoms with Gasteiger partial charge in [0.2, 0.25) is 0 Å². The molecule has 0 fully saturated rings. The molecular formula is C13H19NO. The lowest BCUT2D eigenvalue weighted by molar-refractivity contribution is 0.262. The van der Waals surface area contributed by atoms with Crippen LogP contribution in [0.2, 0.25) is 0 Å². The lowest BCUT2D eigenvalue weighted by Crippen LogP contribution is -2.25. The summed E-state index contributed by atoms with van der Waals surface area (Å²) in [5, 5.41) is 12.5. The summed E-state index contributed by atoms with van der Waals surface area (Å²) in [7, 11) is 0. The highest BCUT2D eigenvalue weighted by atomic mass is 16.3. The first-order chi connectivity index (χ1) is 7.26. The van der Waals surface area contributed by atoms with Crippen LogP contribution < -0.4 is 5.32 Å². The summed E-state index contributed by atoms with van der Waals surface area (Å²) in [6, 6.07) is 10.0. The van der Waals surface area contributed by atoms with Crippen LogP contribution in [-0.2, 0) is 0 Å². The van der Waals surface area contributed by atoms with Gasteiger partial charge in [0.15, 0.2) is 0 Å². The Morgan fingerprint density at radius 1 is 1.40 bits per heavy atom. The molecule has 2 unspecified atom stereocenters. The van der Waals surface area contributed by atoms with E-state index in [1.165, 1.54) is 0 Å². The van der Waals surface area contributed by atoms with Crippen molar-refractivity contribution in [2.75, 3.05) is 11.9 Å². The van der Waals surface area contributed by atoms with Crippen molar-refractivity contribution in [1.29, 1.82) is 0 Å². The summed E-state index contributed by atoms with van der Waals surface area (Å²) in [6.07, 6.45) is 2.81. The number of para-hydroxylation sites is 1. The Labute approximate surface area is 91.6 Å². The van der Waals surface area contributed by atoms with Crippen molar-refractivity contribution in [3.05, 3.63) is 43.0 Å². The molecule has 0 aliphatic heterocycles. The number of allylic oxidation sites excluding steroid dienone is 1. The largest absolute Gasteiger partial charge is 0.394 e. The third kappa shape index (κ3) is 4.17. The topological polar surface area (TPSA) is 32.3 Å². The monoisotopic (exact) mass is 205 g/mol. The third-order valence-electron chi connectivity index (χ3n) is 2.42. The van der Waals surface area contributed by atoms with Gasteiger partial charge in [0.1, 0.15) is 0 Å². The fourth-order valence-corrected chi connectivity index (χ4v) is 1.49. The van der Waals surface area contributed by atoms with Gasteiger partial charge in [0.25, 0.3) is 0 Å². The molecule has 2 N–H and O–H groups in total. The minimum Gasteiger partial charge on any atom is -0.394 e. The van der Waals surface area contributed by atoms with Crippen LogP contribution in [-0.4, -0.2) is 17.8 Å². The van der Waals surface area contributed by atoms with Gasteiger partial charge in [-0.2, -0.15) is 0 Å². The second-order valence-electron chi connectivity index (χ2n) is 3.84. The zero-order valence-electron chi connectivity index (χ0n) is 9.19. The fourth-order valence-electron chi connectivity index (χ4n) is 1.49. The lowest BCUT2D eigenvalue weighted by atomic mass is 10.0. The van der Waals surface area contributed by atoms with Crippen LogP contribution in [0.25, 0.3) is 0 Å². The first-order valence-corrected chi connectivity index (χ1v) is 5.31. The van der Waals surface area contributed by atoms with E-state index in [9.17, 15) is 5.11 Å². The molecule has 0 saturated carbocycles.